The van der Waals surface area contributed by atoms with Crippen molar-refractivity contribution in [2.75, 3.05) is 16.4 Å². The maximum Gasteiger partial charge on any atom is 0.280 e. The van der Waals surface area contributed by atoms with Gasteiger partial charge in [-0.25, -0.2) is 4.68 Å². The molecular formula is C18H18N6O2. The first kappa shape index (κ1) is 17.2. The summed E-state index contributed by atoms with van der Waals surface area (Å²) in [7, 11) is 0. The van der Waals surface area contributed by atoms with Crippen LogP contribution in [0.5, 0.6) is 0 Å². The van der Waals surface area contributed by atoms with Crippen LogP contribution in [0.1, 0.15) is 16.1 Å². The van der Waals surface area contributed by atoms with Crippen LogP contribution in [0, 0.1) is 6.92 Å². The molecule has 1 aromatic heterocycles. The molecule has 0 spiro atoms. The van der Waals surface area contributed by atoms with E-state index in [2.05, 4.69) is 20.9 Å². The zero-order valence-electron chi connectivity index (χ0n) is 14.1. The van der Waals surface area contributed by atoms with Crippen molar-refractivity contribution in [2.24, 2.45) is 0 Å². The van der Waals surface area contributed by atoms with Gasteiger partial charge in [-0.2, -0.15) is 0 Å². The number of carbonyl (C=O) groups is 2. The normalized spacial score (nSPS) is 10.3. The second kappa shape index (κ2) is 7.47. The molecule has 0 aliphatic heterocycles. The molecule has 0 saturated carbocycles. The molecule has 0 aliphatic carbocycles. The monoisotopic (exact) mass is 350 g/mol. The third-order valence-corrected chi connectivity index (χ3v) is 3.73. The topological polar surface area (TPSA) is 115 Å². The first-order valence-corrected chi connectivity index (χ1v) is 7.95. The van der Waals surface area contributed by atoms with Crippen molar-refractivity contribution in [1.82, 2.24) is 15.0 Å². The van der Waals surface area contributed by atoms with E-state index in [0.29, 0.717) is 11.4 Å². The summed E-state index contributed by atoms with van der Waals surface area (Å²) < 4.78 is 1.19. The maximum absolute atomic E-state index is 12.4. The summed E-state index contributed by atoms with van der Waals surface area (Å²) in [6, 6.07) is 16.4. The van der Waals surface area contributed by atoms with Crippen LogP contribution in [0.3, 0.4) is 0 Å². The summed E-state index contributed by atoms with van der Waals surface area (Å²) in [5.41, 5.74) is 8.14. The van der Waals surface area contributed by atoms with Crippen LogP contribution in [0.25, 0.3) is 0 Å². The van der Waals surface area contributed by atoms with E-state index in [0.717, 1.165) is 5.56 Å². The molecule has 2 amide bonds. The summed E-state index contributed by atoms with van der Waals surface area (Å²) >= 11 is 0. The molecular weight excluding hydrogens is 332 g/mol. The lowest BCUT2D eigenvalue weighted by Crippen LogP contribution is -2.21. The predicted octanol–water partition coefficient (Wildman–Crippen LogP) is 2.06. The fraction of sp³-hybridized carbons (Fsp3) is 0.111. The number of para-hydroxylation sites is 2. The van der Waals surface area contributed by atoms with Crippen LogP contribution < -0.4 is 16.4 Å². The Labute approximate surface area is 150 Å². The molecule has 0 saturated heterocycles. The van der Waals surface area contributed by atoms with Gasteiger partial charge in [0.25, 0.3) is 5.91 Å². The molecule has 0 fully saturated rings. The predicted molar refractivity (Wildman–Crippen MR) is 98.6 cm³/mol. The minimum Gasteiger partial charge on any atom is -0.382 e. The van der Waals surface area contributed by atoms with E-state index in [1.54, 1.807) is 18.2 Å². The van der Waals surface area contributed by atoms with Crippen molar-refractivity contribution in [3.05, 3.63) is 65.9 Å². The average Bonchev–Trinajstić information content (AvgIpc) is 2.98. The Morgan fingerprint density at radius 2 is 1.73 bits per heavy atom. The number of aromatic nitrogens is 3. The minimum absolute atomic E-state index is 0.0271. The fourth-order valence-electron chi connectivity index (χ4n) is 2.35. The molecule has 1 heterocycles. The van der Waals surface area contributed by atoms with Crippen LogP contribution in [0.15, 0.2) is 54.6 Å². The number of aryl methyl sites for hydroxylation is 1. The first-order chi connectivity index (χ1) is 12.5. The van der Waals surface area contributed by atoms with E-state index in [1.807, 2.05) is 43.3 Å². The molecule has 2 aromatic carbocycles. The second-order valence-corrected chi connectivity index (χ2v) is 5.66. The van der Waals surface area contributed by atoms with Crippen molar-refractivity contribution >= 4 is 29.0 Å². The van der Waals surface area contributed by atoms with Gasteiger partial charge in [-0.15, -0.1) is 5.10 Å². The third kappa shape index (κ3) is 3.86. The third-order valence-electron chi connectivity index (χ3n) is 3.73. The molecule has 0 radical (unpaired) electrons. The molecule has 0 bridgehead atoms. The van der Waals surface area contributed by atoms with Gasteiger partial charge in [0.05, 0.1) is 0 Å². The van der Waals surface area contributed by atoms with Crippen molar-refractivity contribution in [2.45, 2.75) is 13.5 Å². The van der Waals surface area contributed by atoms with Crippen molar-refractivity contribution < 1.29 is 9.59 Å². The molecule has 4 N–H and O–H groups in total. The van der Waals surface area contributed by atoms with Gasteiger partial charge in [0.15, 0.2) is 11.5 Å². The molecule has 26 heavy (non-hydrogen) atoms. The number of hydrogen-bond acceptors (Lipinski definition) is 5. The highest BCUT2D eigenvalue weighted by molar-refractivity contribution is 6.06. The van der Waals surface area contributed by atoms with Gasteiger partial charge in [-0.1, -0.05) is 41.6 Å². The number of nitrogens with one attached hydrogen (secondary N) is 2. The summed E-state index contributed by atoms with van der Waals surface area (Å²) in [6.45, 7) is 1.73. The van der Waals surface area contributed by atoms with E-state index in [-0.39, 0.29) is 24.0 Å². The van der Waals surface area contributed by atoms with Crippen LogP contribution in [0.2, 0.25) is 0 Å². The lowest BCUT2D eigenvalue weighted by molar-refractivity contribution is -0.116. The van der Waals surface area contributed by atoms with E-state index < -0.39 is 5.91 Å². The second-order valence-electron chi connectivity index (χ2n) is 5.66. The molecule has 8 heteroatoms. The molecule has 3 aromatic rings. The van der Waals surface area contributed by atoms with Crippen LogP contribution >= 0.6 is 0 Å². The number of anilines is 3. The molecule has 0 unspecified atom stereocenters. The lowest BCUT2D eigenvalue weighted by atomic mass is 10.2. The summed E-state index contributed by atoms with van der Waals surface area (Å²) in [4.78, 5) is 24.5. The van der Waals surface area contributed by atoms with Gasteiger partial charge in [0.1, 0.15) is 6.54 Å². The number of nitrogens with zero attached hydrogens (tertiary/aromatic N) is 3. The van der Waals surface area contributed by atoms with Crippen molar-refractivity contribution in [3.8, 4) is 0 Å². The van der Waals surface area contributed by atoms with Crippen molar-refractivity contribution in [1.29, 1.82) is 0 Å². The molecule has 8 nitrogen and oxygen atoms in total. The Balaban J connectivity index is 1.68. The molecule has 3 rings (SSSR count). The minimum atomic E-state index is -0.480. The number of carbonyl (C=O) groups excluding carboxylic acids is 2. The number of amides is 2. The number of benzene rings is 2. The SMILES string of the molecule is Cc1ccccc1NC(=O)c1nnn(CC(=O)Nc2ccccc2)c1N. The van der Waals surface area contributed by atoms with Gasteiger partial charge >= 0.3 is 0 Å². The Kier molecular flexibility index (Phi) is 4.93. The number of rotatable bonds is 5. The molecule has 132 valence electrons. The Bertz CT molecular complexity index is 936. The number of nitrogen functional groups attached to an aromatic ring is 1. The maximum atomic E-state index is 12.4. The zero-order chi connectivity index (χ0) is 18.5. The summed E-state index contributed by atoms with van der Waals surface area (Å²) in [5.74, 6) is -0.774. The summed E-state index contributed by atoms with van der Waals surface area (Å²) in [6.07, 6.45) is 0. The van der Waals surface area contributed by atoms with E-state index in [1.165, 1.54) is 4.68 Å². The number of nitrogens with two attached hydrogens (primary N) is 1. The van der Waals surface area contributed by atoms with E-state index in [9.17, 15) is 9.59 Å². The van der Waals surface area contributed by atoms with Crippen LogP contribution in [0.4, 0.5) is 17.2 Å². The van der Waals surface area contributed by atoms with Gasteiger partial charge in [0.2, 0.25) is 5.91 Å². The van der Waals surface area contributed by atoms with Gasteiger partial charge in [-0.05, 0) is 30.7 Å². The Morgan fingerprint density at radius 1 is 1.04 bits per heavy atom. The highest BCUT2D eigenvalue weighted by atomic mass is 16.2. The number of hydrogen-bond donors (Lipinski definition) is 3. The average molecular weight is 350 g/mol. The van der Waals surface area contributed by atoms with E-state index in [4.69, 9.17) is 5.73 Å². The molecule has 0 atom stereocenters. The fourth-order valence-corrected chi connectivity index (χ4v) is 2.35. The largest absolute Gasteiger partial charge is 0.382 e. The van der Waals surface area contributed by atoms with E-state index >= 15 is 0 Å². The van der Waals surface area contributed by atoms with Gasteiger partial charge in [0, 0.05) is 11.4 Å². The zero-order valence-corrected chi connectivity index (χ0v) is 14.1. The smallest absolute Gasteiger partial charge is 0.280 e. The highest BCUT2D eigenvalue weighted by Gasteiger charge is 2.19. The quantitative estimate of drug-likeness (QED) is 0.651. The van der Waals surface area contributed by atoms with Gasteiger partial charge in [-0.3, -0.25) is 9.59 Å². The highest BCUT2D eigenvalue weighted by Crippen LogP contribution is 2.16. The molecule has 0 aliphatic rings. The first-order valence-electron chi connectivity index (χ1n) is 7.95. The van der Waals surface area contributed by atoms with Crippen LogP contribution in [-0.4, -0.2) is 26.8 Å². The summed E-state index contributed by atoms with van der Waals surface area (Å²) in [5, 5.41) is 13.1. The standard InChI is InChI=1S/C18H18N6O2/c1-12-7-5-6-10-14(12)21-18(26)16-17(19)24(23-22-16)11-15(25)20-13-8-3-2-4-9-13/h2-10H,11,19H2,1H3,(H,20,25)(H,21,26). The lowest BCUT2D eigenvalue weighted by Gasteiger charge is -2.07. The Hall–Kier alpha value is -3.68. The Morgan fingerprint density at radius 3 is 2.46 bits per heavy atom. The van der Waals surface area contributed by atoms with Gasteiger partial charge < -0.3 is 16.4 Å². The van der Waals surface area contributed by atoms with Crippen molar-refractivity contribution in [3.63, 3.8) is 0 Å². The van der Waals surface area contributed by atoms with Crippen LogP contribution in [-0.2, 0) is 11.3 Å².